The highest BCUT2D eigenvalue weighted by molar-refractivity contribution is 9.10. The number of rotatable bonds is 5. The number of hydrogen-bond donors (Lipinski definition) is 1. The van der Waals surface area contributed by atoms with Crippen molar-refractivity contribution in [1.29, 1.82) is 0 Å². The normalized spacial score (nSPS) is 12.2. The SMILES string of the molecule is CCC[C@H](Oc1ccc(Br)cc1Cl)C(=O)O. The van der Waals surface area contributed by atoms with Gasteiger partial charge < -0.3 is 9.84 Å². The van der Waals surface area contributed by atoms with Gasteiger partial charge >= 0.3 is 5.97 Å². The van der Waals surface area contributed by atoms with Crippen LogP contribution in [0.3, 0.4) is 0 Å². The predicted molar refractivity (Wildman–Crippen MR) is 66.1 cm³/mol. The zero-order valence-corrected chi connectivity index (χ0v) is 11.1. The lowest BCUT2D eigenvalue weighted by Gasteiger charge is -2.15. The van der Waals surface area contributed by atoms with Gasteiger partial charge in [0.2, 0.25) is 0 Å². The summed E-state index contributed by atoms with van der Waals surface area (Å²) in [7, 11) is 0. The highest BCUT2D eigenvalue weighted by Gasteiger charge is 2.19. The molecular weight excluding hydrogens is 295 g/mol. The molecule has 0 aliphatic heterocycles. The van der Waals surface area contributed by atoms with Crippen molar-refractivity contribution in [1.82, 2.24) is 0 Å². The van der Waals surface area contributed by atoms with Gasteiger partial charge in [-0.2, -0.15) is 0 Å². The second-order valence-corrected chi connectivity index (χ2v) is 4.63. The minimum Gasteiger partial charge on any atom is -0.479 e. The summed E-state index contributed by atoms with van der Waals surface area (Å²) in [6.45, 7) is 1.91. The van der Waals surface area contributed by atoms with E-state index in [4.69, 9.17) is 21.4 Å². The maximum absolute atomic E-state index is 10.9. The number of carboxylic acids is 1. The molecule has 0 unspecified atom stereocenters. The number of aliphatic carboxylic acids is 1. The Morgan fingerprint density at radius 2 is 2.31 bits per heavy atom. The number of benzene rings is 1. The summed E-state index contributed by atoms with van der Waals surface area (Å²) in [6, 6.07) is 5.08. The summed E-state index contributed by atoms with van der Waals surface area (Å²) in [4.78, 5) is 10.9. The van der Waals surface area contributed by atoms with Crippen molar-refractivity contribution in [3.8, 4) is 5.75 Å². The number of carboxylic acid groups (broad SMARTS) is 1. The lowest BCUT2D eigenvalue weighted by molar-refractivity contribution is -0.145. The molecule has 1 aromatic carbocycles. The molecule has 0 bridgehead atoms. The molecule has 0 radical (unpaired) electrons. The molecular formula is C11H12BrClO3. The number of hydrogen-bond acceptors (Lipinski definition) is 2. The highest BCUT2D eigenvalue weighted by Crippen LogP contribution is 2.29. The molecule has 1 rings (SSSR count). The van der Waals surface area contributed by atoms with Crippen LogP contribution in [0.25, 0.3) is 0 Å². The van der Waals surface area contributed by atoms with E-state index in [0.717, 1.165) is 10.9 Å². The second kappa shape index (κ2) is 6.11. The standard InChI is InChI=1S/C11H12BrClO3/c1-2-3-10(11(14)15)16-9-5-4-7(12)6-8(9)13/h4-6,10H,2-3H2,1H3,(H,14,15)/t10-/m0/s1. The van der Waals surface area contributed by atoms with Crippen LogP contribution in [0.4, 0.5) is 0 Å². The van der Waals surface area contributed by atoms with Crippen LogP contribution in [0.15, 0.2) is 22.7 Å². The summed E-state index contributed by atoms with van der Waals surface area (Å²) >= 11 is 9.20. The largest absolute Gasteiger partial charge is 0.479 e. The third kappa shape index (κ3) is 3.68. The molecule has 0 saturated heterocycles. The van der Waals surface area contributed by atoms with Gasteiger partial charge in [-0.15, -0.1) is 0 Å². The van der Waals surface area contributed by atoms with E-state index in [-0.39, 0.29) is 0 Å². The van der Waals surface area contributed by atoms with Crippen molar-refractivity contribution in [2.45, 2.75) is 25.9 Å². The smallest absolute Gasteiger partial charge is 0.344 e. The third-order valence-electron chi connectivity index (χ3n) is 1.99. The average Bonchev–Trinajstić information content (AvgIpc) is 2.20. The molecule has 0 heterocycles. The fourth-order valence-corrected chi connectivity index (χ4v) is 1.94. The van der Waals surface area contributed by atoms with Crippen molar-refractivity contribution in [3.05, 3.63) is 27.7 Å². The van der Waals surface area contributed by atoms with Crippen LogP contribution < -0.4 is 4.74 Å². The van der Waals surface area contributed by atoms with Gasteiger partial charge in [0.25, 0.3) is 0 Å². The molecule has 1 atom stereocenters. The zero-order chi connectivity index (χ0) is 12.1. The van der Waals surface area contributed by atoms with E-state index >= 15 is 0 Å². The van der Waals surface area contributed by atoms with Gasteiger partial charge in [0, 0.05) is 4.47 Å². The minimum atomic E-state index is -0.971. The van der Waals surface area contributed by atoms with Crippen LogP contribution in [0.2, 0.25) is 5.02 Å². The van der Waals surface area contributed by atoms with E-state index in [1.807, 2.05) is 6.92 Å². The van der Waals surface area contributed by atoms with Crippen LogP contribution in [-0.2, 0) is 4.79 Å². The average molecular weight is 308 g/mol. The van der Waals surface area contributed by atoms with E-state index in [2.05, 4.69) is 15.9 Å². The zero-order valence-electron chi connectivity index (χ0n) is 8.74. The van der Waals surface area contributed by atoms with Crippen LogP contribution in [0.5, 0.6) is 5.75 Å². The lowest BCUT2D eigenvalue weighted by atomic mass is 10.2. The molecule has 1 N–H and O–H groups in total. The van der Waals surface area contributed by atoms with Crippen LogP contribution in [0.1, 0.15) is 19.8 Å². The maximum atomic E-state index is 10.9. The van der Waals surface area contributed by atoms with E-state index < -0.39 is 12.1 Å². The van der Waals surface area contributed by atoms with Crippen LogP contribution in [-0.4, -0.2) is 17.2 Å². The first-order valence-corrected chi connectivity index (χ1v) is 6.06. The third-order valence-corrected chi connectivity index (χ3v) is 2.78. The Morgan fingerprint density at radius 3 is 2.81 bits per heavy atom. The summed E-state index contributed by atoms with van der Waals surface area (Å²) in [5.74, 6) is -0.577. The first-order valence-electron chi connectivity index (χ1n) is 4.89. The molecule has 0 fully saturated rings. The van der Waals surface area contributed by atoms with E-state index in [0.29, 0.717) is 17.2 Å². The van der Waals surface area contributed by atoms with Gasteiger partial charge in [-0.1, -0.05) is 40.9 Å². The fraction of sp³-hybridized carbons (Fsp3) is 0.364. The van der Waals surface area contributed by atoms with Gasteiger partial charge in [-0.05, 0) is 24.6 Å². The monoisotopic (exact) mass is 306 g/mol. The van der Waals surface area contributed by atoms with Crippen LogP contribution in [0, 0.1) is 0 Å². The first kappa shape index (κ1) is 13.3. The molecule has 3 nitrogen and oxygen atoms in total. The number of ether oxygens (including phenoxy) is 1. The molecule has 16 heavy (non-hydrogen) atoms. The summed E-state index contributed by atoms with van der Waals surface area (Å²) in [5, 5.41) is 9.33. The molecule has 0 aliphatic rings. The molecule has 88 valence electrons. The van der Waals surface area contributed by atoms with Crippen molar-refractivity contribution in [3.63, 3.8) is 0 Å². The van der Waals surface area contributed by atoms with E-state index in [1.54, 1.807) is 18.2 Å². The Labute approximate surface area is 107 Å². The Balaban J connectivity index is 2.81. The summed E-state index contributed by atoms with van der Waals surface area (Å²) in [5.41, 5.74) is 0. The Kier molecular flexibility index (Phi) is 5.09. The predicted octanol–water partition coefficient (Wildman–Crippen LogP) is 3.73. The van der Waals surface area contributed by atoms with Crippen LogP contribution >= 0.6 is 27.5 Å². The van der Waals surface area contributed by atoms with E-state index in [9.17, 15) is 4.79 Å². The van der Waals surface area contributed by atoms with Gasteiger partial charge in [0.15, 0.2) is 6.10 Å². The molecule has 0 amide bonds. The van der Waals surface area contributed by atoms with Gasteiger partial charge in [-0.25, -0.2) is 4.79 Å². The van der Waals surface area contributed by atoms with Gasteiger partial charge in [0.05, 0.1) is 5.02 Å². The van der Waals surface area contributed by atoms with Gasteiger partial charge in [-0.3, -0.25) is 0 Å². The number of halogens is 2. The van der Waals surface area contributed by atoms with Crippen molar-refractivity contribution >= 4 is 33.5 Å². The molecule has 0 spiro atoms. The van der Waals surface area contributed by atoms with Crippen molar-refractivity contribution in [2.24, 2.45) is 0 Å². The Morgan fingerprint density at radius 1 is 1.62 bits per heavy atom. The molecule has 5 heteroatoms. The molecule has 0 aromatic heterocycles. The second-order valence-electron chi connectivity index (χ2n) is 3.31. The van der Waals surface area contributed by atoms with E-state index in [1.165, 1.54) is 0 Å². The fourth-order valence-electron chi connectivity index (χ4n) is 1.22. The molecule has 0 aliphatic carbocycles. The summed E-state index contributed by atoms with van der Waals surface area (Å²) in [6.07, 6.45) is 0.357. The van der Waals surface area contributed by atoms with Crippen molar-refractivity contribution in [2.75, 3.05) is 0 Å². The maximum Gasteiger partial charge on any atom is 0.344 e. The van der Waals surface area contributed by atoms with Gasteiger partial charge in [0.1, 0.15) is 5.75 Å². The topological polar surface area (TPSA) is 46.5 Å². The lowest BCUT2D eigenvalue weighted by Crippen LogP contribution is -2.26. The number of carbonyl (C=O) groups is 1. The highest BCUT2D eigenvalue weighted by atomic mass is 79.9. The minimum absolute atomic E-state index is 0.394. The Bertz CT molecular complexity index is 381. The van der Waals surface area contributed by atoms with Crippen molar-refractivity contribution < 1.29 is 14.6 Å². The summed E-state index contributed by atoms with van der Waals surface area (Å²) < 4.78 is 6.18. The quantitative estimate of drug-likeness (QED) is 0.901. The Hall–Kier alpha value is -0.740. The first-order chi connectivity index (χ1) is 7.54. The molecule has 1 aromatic rings. The molecule has 0 saturated carbocycles.